The molecule has 4 rings (SSSR count). The SMILES string of the molecule is O=C(CCc1cccnc1)N1CCCC2(CCCN2C(=O)CCc2ccccc2)C1.O=C(O)C(F)(F)F. The molecule has 2 fully saturated rings. The molecule has 10 heteroatoms. The second kappa shape index (κ2) is 12.7. The number of pyridine rings is 1. The Balaban J connectivity index is 0.000000479. The van der Waals surface area contributed by atoms with E-state index in [9.17, 15) is 22.8 Å². The number of amides is 2. The van der Waals surface area contributed by atoms with Crippen molar-refractivity contribution in [3.63, 3.8) is 0 Å². The van der Waals surface area contributed by atoms with Crippen molar-refractivity contribution < 1.29 is 32.7 Å². The number of benzene rings is 1. The van der Waals surface area contributed by atoms with Crippen LogP contribution in [0.2, 0.25) is 0 Å². The zero-order chi connectivity index (χ0) is 26.9. The average Bonchev–Trinajstić information content (AvgIpc) is 3.29. The number of halogens is 3. The normalized spacial score (nSPS) is 19.3. The number of hydrogen-bond acceptors (Lipinski definition) is 4. The molecule has 0 bridgehead atoms. The zero-order valence-electron chi connectivity index (χ0n) is 20.6. The number of carboxylic acid groups (broad SMARTS) is 1. The number of carbonyl (C=O) groups is 3. The molecule has 2 aromatic rings. The molecular formula is C27H32F3N3O4. The summed E-state index contributed by atoms with van der Waals surface area (Å²) in [6, 6.07) is 14.1. The number of alkyl halides is 3. The first-order chi connectivity index (χ1) is 17.6. The van der Waals surface area contributed by atoms with E-state index in [-0.39, 0.29) is 17.4 Å². The Hall–Kier alpha value is -3.43. The van der Waals surface area contributed by atoms with Crippen LogP contribution in [0.1, 0.15) is 49.7 Å². The number of hydrogen-bond donors (Lipinski definition) is 1. The van der Waals surface area contributed by atoms with E-state index in [0.29, 0.717) is 19.4 Å². The molecule has 2 amide bonds. The standard InChI is InChI=1S/C25H31N3O2.C2HF3O2/c29-23(12-11-22-9-4-16-26-19-22)27-17-5-14-25(20-27)15-6-18-28(25)24(30)13-10-21-7-2-1-3-8-21;3-2(4,5)1(6)7/h1-4,7-9,16,19H,5-6,10-15,17-18,20H2;(H,6,7). The minimum absolute atomic E-state index is 0.157. The number of aryl methyl sites for hydroxylation is 2. The predicted molar refractivity (Wildman–Crippen MR) is 131 cm³/mol. The lowest BCUT2D eigenvalue weighted by atomic mass is 9.85. The third kappa shape index (κ3) is 8.03. The Labute approximate surface area is 214 Å². The zero-order valence-corrected chi connectivity index (χ0v) is 20.6. The molecule has 2 saturated heterocycles. The monoisotopic (exact) mass is 519 g/mol. The number of piperidine rings is 1. The second-order valence-electron chi connectivity index (χ2n) is 9.44. The summed E-state index contributed by atoms with van der Waals surface area (Å²) in [5.74, 6) is -2.32. The van der Waals surface area contributed by atoms with Crippen molar-refractivity contribution >= 4 is 17.8 Å². The number of carbonyl (C=O) groups excluding carboxylic acids is 2. The van der Waals surface area contributed by atoms with Crippen LogP contribution >= 0.6 is 0 Å². The quantitative estimate of drug-likeness (QED) is 0.616. The van der Waals surface area contributed by atoms with Gasteiger partial charge >= 0.3 is 12.1 Å². The van der Waals surface area contributed by atoms with E-state index in [1.165, 1.54) is 5.56 Å². The van der Waals surface area contributed by atoms with Gasteiger partial charge in [-0.25, -0.2) is 4.79 Å². The average molecular weight is 520 g/mol. The summed E-state index contributed by atoms with van der Waals surface area (Å²) in [6.45, 7) is 2.32. The van der Waals surface area contributed by atoms with Gasteiger partial charge in [0, 0.05) is 44.9 Å². The lowest BCUT2D eigenvalue weighted by molar-refractivity contribution is -0.192. The van der Waals surface area contributed by atoms with Gasteiger partial charge in [0.05, 0.1) is 5.54 Å². The van der Waals surface area contributed by atoms with Crippen molar-refractivity contribution in [2.75, 3.05) is 19.6 Å². The van der Waals surface area contributed by atoms with Crippen molar-refractivity contribution in [1.29, 1.82) is 0 Å². The molecule has 0 saturated carbocycles. The molecule has 200 valence electrons. The lowest BCUT2D eigenvalue weighted by Crippen LogP contribution is -2.58. The van der Waals surface area contributed by atoms with Crippen LogP contribution in [0.25, 0.3) is 0 Å². The summed E-state index contributed by atoms with van der Waals surface area (Å²) in [5.41, 5.74) is 2.14. The van der Waals surface area contributed by atoms with Crippen LogP contribution in [0.3, 0.4) is 0 Å². The minimum atomic E-state index is -5.08. The molecule has 1 spiro atoms. The molecule has 0 radical (unpaired) electrons. The maximum absolute atomic E-state index is 13.1. The molecule has 2 aliphatic heterocycles. The largest absolute Gasteiger partial charge is 0.490 e. The molecule has 37 heavy (non-hydrogen) atoms. The van der Waals surface area contributed by atoms with E-state index >= 15 is 0 Å². The van der Waals surface area contributed by atoms with Crippen LogP contribution < -0.4 is 0 Å². The maximum atomic E-state index is 13.1. The fraction of sp³-hybridized carbons (Fsp3) is 0.481. The summed E-state index contributed by atoms with van der Waals surface area (Å²) in [6.07, 6.45) is 5.07. The summed E-state index contributed by atoms with van der Waals surface area (Å²) >= 11 is 0. The summed E-state index contributed by atoms with van der Waals surface area (Å²) in [4.78, 5) is 43.1. The first kappa shape index (κ1) is 28.1. The fourth-order valence-corrected chi connectivity index (χ4v) is 5.06. The molecule has 3 heterocycles. The molecule has 2 aliphatic rings. The summed E-state index contributed by atoms with van der Waals surface area (Å²) < 4.78 is 31.7. The van der Waals surface area contributed by atoms with Crippen molar-refractivity contribution in [1.82, 2.24) is 14.8 Å². The predicted octanol–water partition coefficient (Wildman–Crippen LogP) is 4.26. The summed E-state index contributed by atoms with van der Waals surface area (Å²) in [7, 11) is 0. The smallest absolute Gasteiger partial charge is 0.475 e. The Morgan fingerprint density at radius 1 is 0.892 bits per heavy atom. The van der Waals surface area contributed by atoms with E-state index < -0.39 is 12.1 Å². The van der Waals surface area contributed by atoms with E-state index in [4.69, 9.17) is 9.90 Å². The number of likely N-dealkylation sites (tertiary alicyclic amines) is 2. The number of aromatic nitrogens is 1. The Bertz CT molecular complexity index is 1050. The van der Waals surface area contributed by atoms with Crippen molar-refractivity contribution in [2.24, 2.45) is 0 Å². The van der Waals surface area contributed by atoms with Crippen LogP contribution in [0.5, 0.6) is 0 Å². The van der Waals surface area contributed by atoms with Gasteiger partial charge in [0.2, 0.25) is 11.8 Å². The first-order valence-corrected chi connectivity index (χ1v) is 12.4. The van der Waals surface area contributed by atoms with Gasteiger partial charge in [0.15, 0.2) is 0 Å². The molecule has 0 aliphatic carbocycles. The van der Waals surface area contributed by atoms with Crippen molar-refractivity contribution in [2.45, 2.75) is 63.1 Å². The topological polar surface area (TPSA) is 90.8 Å². The maximum Gasteiger partial charge on any atom is 0.490 e. The molecule has 7 nitrogen and oxygen atoms in total. The third-order valence-corrected chi connectivity index (χ3v) is 6.87. The van der Waals surface area contributed by atoms with Gasteiger partial charge in [-0.15, -0.1) is 0 Å². The number of aliphatic carboxylic acids is 1. The van der Waals surface area contributed by atoms with Gasteiger partial charge < -0.3 is 14.9 Å². The van der Waals surface area contributed by atoms with E-state index in [1.54, 1.807) is 6.20 Å². The first-order valence-electron chi connectivity index (χ1n) is 12.4. The Morgan fingerprint density at radius 2 is 1.49 bits per heavy atom. The Kier molecular flexibility index (Phi) is 9.66. The van der Waals surface area contributed by atoms with Crippen LogP contribution in [0.15, 0.2) is 54.9 Å². The van der Waals surface area contributed by atoms with Gasteiger partial charge in [-0.2, -0.15) is 13.2 Å². The fourth-order valence-electron chi connectivity index (χ4n) is 5.06. The van der Waals surface area contributed by atoms with Gasteiger partial charge in [0.25, 0.3) is 0 Å². The minimum Gasteiger partial charge on any atom is -0.475 e. The molecule has 1 atom stereocenters. The van der Waals surface area contributed by atoms with Gasteiger partial charge in [-0.3, -0.25) is 14.6 Å². The lowest BCUT2D eigenvalue weighted by Gasteiger charge is -2.46. The van der Waals surface area contributed by atoms with E-state index in [1.807, 2.05) is 41.4 Å². The van der Waals surface area contributed by atoms with E-state index in [0.717, 1.165) is 57.2 Å². The molecule has 1 unspecified atom stereocenters. The highest BCUT2D eigenvalue weighted by molar-refractivity contribution is 5.79. The third-order valence-electron chi connectivity index (χ3n) is 6.87. The summed E-state index contributed by atoms with van der Waals surface area (Å²) in [5, 5.41) is 7.12. The van der Waals surface area contributed by atoms with Crippen LogP contribution in [-0.2, 0) is 27.2 Å². The number of nitrogens with zero attached hydrogens (tertiary/aromatic N) is 3. The van der Waals surface area contributed by atoms with Crippen molar-refractivity contribution in [3.05, 3.63) is 66.0 Å². The highest BCUT2D eigenvalue weighted by atomic mass is 19.4. The molecule has 1 aromatic heterocycles. The number of rotatable bonds is 6. The van der Waals surface area contributed by atoms with Gasteiger partial charge in [0.1, 0.15) is 0 Å². The van der Waals surface area contributed by atoms with Gasteiger partial charge in [-0.1, -0.05) is 36.4 Å². The molecular weight excluding hydrogens is 487 g/mol. The second-order valence-corrected chi connectivity index (χ2v) is 9.44. The van der Waals surface area contributed by atoms with Gasteiger partial charge in [-0.05, 0) is 55.7 Å². The Morgan fingerprint density at radius 3 is 2.11 bits per heavy atom. The van der Waals surface area contributed by atoms with Crippen LogP contribution in [0, 0.1) is 0 Å². The van der Waals surface area contributed by atoms with Crippen LogP contribution in [0.4, 0.5) is 13.2 Å². The highest BCUT2D eigenvalue weighted by Crippen LogP contribution is 2.38. The highest BCUT2D eigenvalue weighted by Gasteiger charge is 2.46. The van der Waals surface area contributed by atoms with Crippen molar-refractivity contribution in [3.8, 4) is 0 Å². The number of carboxylic acids is 1. The molecule has 1 N–H and O–H groups in total. The van der Waals surface area contributed by atoms with Crippen LogP contribution in [-0.4, -0.2) is 69.0 Å². The molecule has 1 aromatic carbocycles. The van der Waals surface area contributed by atoms with E-state index in [2.05, 4.69) is 22.0 Å².